The van der Waals surface area contributed by atoms with Gasteiger partial charge < -0.3 is 4.90 Å². The highest BCUT2D eigenvalue weighted by atomic mass is 15.1. The third kappa shape index (κ3) is 2.67. The van der Waals surface area contributed by atoms with E-state index in [1.54, 1.807) is 18.5 Å². The molecule has 90 valence electrons. The van der Waals surface area contributed by atoms with Crippen molar-refractivity contribution in [1.29, 1.82) is 5.26 Å². The van der Waals surface area contributed by atoms with Crippen molar-refractivity contribution in [2.24, 2.45) is 0 Å². The fourth-order valence-electron chi connectivity index (χ4n) is 1.90. The molecular formula is C15H15N3. The summed E-state index contributed by atoms with van der Waals surface area (Å²) in [5.74, 6) is 0. The fraction of sp³-hybridized carbons (Fsp3) is 0.200. The van der Waals surface area contributed by atoms with Crippen LogP contribution in [-0.2, 0) is 6.54 Å². The molecule has 0 fully saturated rings. The molecule has 0 saturated carbocycles. The lowest BCUT2D eigenvalue weighted by molar-refractivity contribution is 0.827. The average molecular weight is 237 g/mol. The normalized spacial score (nSPS) is 9.78. The van der Waals surface area contributed by atoms with Crippen LogP contribution in [0.15, 0.2) is 48.8 Å². The van der Waals surface area contributed by atoms with Gasteiger partial charge in [0.1, 0.15) is 6.07 Å². The molecule has 0 aliphatic heterocycles. The first-order valence-electron chi connectivity index (χ1n) is 5.98. The Labute approximate surface area is 107 Å². The maximum Gasteiger partial charge on any atom is 0.101 e. The highest BCUT2D eigenvalue weighted by Crippen LogP contribution is 2.20. The monoisotopic (exact) mass is 237 g/mol. The lowest BCUT2D eigenvalue weighted by Crippen LogP contribution is -2.23. The van der Waals surface area contributed by atoms with Gasteiger partial charge in [0.25, 0.3) is 0 Å². The zero-order chi connectivity index (χ0) is 12.8. The number of anilines is 1. The summed E-state index contributed by atoms with van der Waals surface area (Å²) in [6.45, 7) is 3.71. The van der Waals surface area contributed by atoms with E-state index in [-0.39, 0.29) is 0 Å². The minimum absolute atomic E-state index is 0.669. The van der Waals surface area contributed by atoms with E-state index in [9.17, 15) is 0 Å². The van der Waals surface area contributed by atoms with Crippen LogP contribution in [0, 0.1) is 11.3 Å². The van der Waals surface area contributed by atoms with Gasteiger partial charge >= 0.3 is 0 Å². The molecule has 1 heterocycles. The van der Waals surface area contributed by atoms with Crippen molar-refractivity contribution in [3.8, 4) is 6.07 Å². The Kier molecular flexibility index (Phi) is 3.93. The standard InChI is InChI=1S/C15H15N3/c1-2-18(12-13-6-4-3-5-7-13)15-11-17-9-8-14(15)10-16/h3-9,11H,2,12H2,1H3. The predicted octanol–water partition coefficient (Wildman–Crippen LogP) is 2.98. The van der Waals surface area contributed by atoms with E-state index < -0.39 is 0 Å². The van der Waals surface area contributed by atoms with Crippen LogP contribution in [0.3, 0.4) is 0 Å². The molecule has 0 N–H and O–H groups in total. The molecule has 1 aromatic heterocycles. The zero-order valence-corrected chi connectivity index (χ0v) is 10.4. The molecule has 0 unspecified atom stereocenters. The largest absolute Gasteiger partial charge is 0.365 e. The van der Waals surface area contributed by atoms with Crippen molar-refractivity contribution in [1.82, 2.24) is 4.98 Å². The van der Waals surface area contributed by atoms with E-state index in [2.05, 4.69) is 35.0 Å². The van der Waals surface area contributed by atoms with E-state index >= 15 is 0 Å². The first kappa shape index (κ1) is 12.1. The fourth-order valence-corrected chi connectivity index (χ4v) is 1.90. The van der Waals surface area contributed by atoms with Crippen LogP contribution in [-0.4, -0.2) is 11.5 Å². The van der Waals surface area contributed by atoms with Crippen molar-refractivity contribution in [3.63, 3.8) is 0 Å². The maximum atomic E-state index is 9.12. The van der Waals surface area contributed by atoms with E-state index in [1.165, 1.54) is 5.56 Å². The molecule has 0 aliphatic rings. The van der Waals surface area contributed by atoms with E-state index in [0.29, 0.717) is 5.56 Å². The Hall–Kier alpha value is -2.34. The minimum Gasteiger partial charge on any atom is -0.365 e. The Morgan fingerprint density at radius 1 is 1.22 bits per heavy atom. The predicted molar refractivity (Wildman–Crippen MR) is 72.1 cm³/mol. The van der Waals surface area contributed by atoms with Crippen LogP contribution >= 0.6 is 0 Å². The second-order valence-electron chi connectivity index (χ2n) is 4.00. The van der Waals surface area contributed by atoms with Crippen molar-refractivity contribution in [2.75, 3.05) is 11.4 Å². The Bertz CT molecular complexity index is 543. The molecule has 18 heavy (non-hydrogen) atoms. The quantitative estimate of drug-likeness (QED) is 0.820. The first-order valence-corrected chi connectivity index (χ1v) is 5.98. The van der Waals surface area contributed by atoms with Crippen molar-refractivity contribution < 1.29 is 0 Å². The molecular weight excluding hydrogens is 222 g/mol. The summed E-state index contributed by atoms with van der Waals surface area (Å²) in [6, 6.07) is 14.2. The highest BCUT2D eigenvalue weighted by Gasteiger charge is 2.09. The van der Waals surface area contributed by atoms with Crippen LogP contribution in [0.25, 0.3) is 0 Å². The maximum absolute atomic E-state index is 9.12. The van der Waals surface area contributed by atoms with Crippen LogP contribution in [0.1, 0.15) is 18.1 Å². The molecule has 0 aliphatic carbocycles. The Balaban J connectivity index is 2.27. The van der Waals surface area contributed by atoms with Crippen molar-refractivity contribution in [3.05, 3.63) is 59.9 Å². The van der Waals surface area contributed by atoms with Gasteiger partial charge in [-0.15, -0.1) is 0 Å². The lowest BCUT2D eigenvalue weighted by atomic mass is 10.1. The number of pyridine rings is 1. The second-order valence-corrected chi connectivity index (χ2v) is 4.00. The van der Waals surface area contributed by atoms with Crippen LogP contribution in [0.5, 0.6) is 0 Å². The number of rotatable bonds is 4. The molecule has 3 heteroatoms. The highest BCUT2D eigenvalue weighted by molar-refractivity contribution is 5.57. The average Bonchev–Trinajstić information content (AvgIpc) is 2.46. The van der Waals surface area contributed by atoms with E-state index in [0.717, 1.165) is 18.8 Å². The SMILES string of the molecule is CCN(Cc1ccccc1)c1cnccc1C#N. The third-order valence-corrected chi connectivity index (χ3v) is 2.86. The summed E-state index contributed by atoms with van der Waals surface area (Å²) in [6.07, 6.45) is 3.41. The van der Waals surface area contributed by atoms with Gasteiger partial charge in [0, 0.05) is 19.3 Å². The summed E-state index contributed by atoms with van der Waals surface area (Å²) in [5, 5.41) is 9.12. The number of hydrogen-bond acceptors (Lipinski definition) is 3. The zero-order valence-electron chi connectivity index (χ0n) is 10.4. The van der Waals surface area contributed by atoms with Gasteiger partial charge in [0.05, 0.1) is 17.4 Å². The van der Waals surface area contributed by atoms with Crippen LogP contribution in [0.2, 0.25) is 0 Å². The molecule has 0 saturated heterocycles. The molecule has 0 bridgehead atoms. The summed E-state index contributed by atoms with van der Waals surface area (Å²) in [4.78, 5) is 6.26. The number of benzene rings is 1. The smallest absolute Gasteiger partial charge is 0.101 e. The number of hydrogen-bond donors (Lipinski definition) is 0. The number of aromatic nitrogens is 1. The molecule has 2 aromatic rings. The Morgan fingerprint density at radius 2 is 2.00 bits per heavy atom. The Morgan fingerprint density at radius 3 is 2.67 bits per heavy atom. The summed E-state index contributed by atoms with van der Waals surface area (Å²) in [5.41, 5.74) is 2.79. The number of nitriles is 1. The molecule has 0 atom stereocenters. The third-order valence-electron chi connectivity index (χ3n) is 2.86. The summed E-state index contributed by atoms with van der Waals surface area (Å²) < 4.78 is 0. The van der Waals surface area contributed by atoms with Gasteiger partial charge in [-0.25, -0.2) is 0 Å². The van der Waals surface area contributed by atoms with Crippen LogP contribution in [0.4, 0.5) is 5.69 Å². The lowest BCUT2D eigenvalue weighted by Gasteiger charge is -2.23. The van der Waals surface area contributed by atoms with Crippen molar-refractivity contribution >= 4 is 5.69 Å². The summed E-state index contributed by atoms with van der Waals surface area (Å²) in [7, 11) is 0. The molecule has 1 aromatic carbocycles. The van der Waals surface area contributed by atoms with E-state index in [4.69, 9.17) is 5.26 Å². The molecule has 0 amide bonds. The van der Waals surface area contributed by atoms with Gasteiger partial charge in [-0.05, 0) is 18.6 Å². The molecule has 0 spiro atoms. The molecule has 0 radical (unpaired) electrons. The van der Waals surface area contributed by atoms with Gasteiger partial charge in [-0.1, -0.05) is 30.3 Å². The van der Waals surface area contributed by atoms with Crippen molar-refractivity contribution in [2.45, 2.75) is 13.5 Å². The summed E-state index contributed by atoms with van der Waals surface area (Å²) >= 11 is 0. The topological polar surface area (TPSA) is 39.9 Å². The van der Waals surface area contributed by atoms with Gasteiger partial charge in [0.15, 0.2) is 0 Å². The second kappa shape index (κ2) is 5.83. The van der Waals surface area contributed by atoms with Crippen LogP contribution < -0.4 is 4.90 Å². The van der Waals surface area contributed by atoms with Gasteiger partial charge in [-0.3, -0.25) is 4.98 Å². The first-order chi connectivity index (χ1) is 8.85. The number of nitrogens with zero attached hydrogens (tertiary/aromatic N) is 3. The minimum atomic E-state index is 0.669. The van der Waals surface area contributed by atoms with E-state index in [1.807, 2.05) is 18.2 Å². The molecule has 3 nitrogen and oxygen atoms in total. The van der Waals surface area contributed by atoms with Gasteiger partial charge in [0.2, 0.25) is 0 Å². The van der Waals surface area contributed by atoms with Gasteiger partial charge in [-0.2, -0.15) is 5.26 Å². The molecule has 2 rings (SSSR count).